The Balaban J connectivity index is 1.71. The largest absolute Gasteiger partial charge is 0.369 e. The molecule has 0 aliphatic carbocycles. The van der Waals surface area contributed by atoms with Gasteiger partial charge < -0.3 is 15.5 Å². The maximum Gasteiger partial charge on any atom is 0.228 e. The fourth-order valence-electron chi connectivity index (χ4n) is 3.49. The third-order valence-corrected chi connectivity index (χ3v) is 4.77. The van der Waals surface area contributed by atoms with Crippen LogP contribution in [-0.2, 0) is 14.4 Å². The second-order valence-electron chi connectivity index (χ2n) is 6.56. The SMILES string of the molecule is NC(=O)C1CCCN(C(=O)C2CC(=O)N(c3cc(F)cc(F)c3)C2)C1. The van der Waals surface area contributed by atoms with Gasteiger partial charge in [0.15, 0.2) is 0 Å². The fourth-order valence-corrected chi connectivity index (χ4v) is 3.49. The first-order valence-corrected chi connectivity index (χ1v) is 8.19. The summed E-state index contributed by atoms with van der Waals surface area (Å²) in [6, 6.07) is 2.86. The fraction of sp³-hybridized carbons (Fsp3) is 0.471. The molecule has 0 radical (unpaired) electrons. The van der Waals surface area contributed by atoms with E-state index in [0.29, 0.717) is 19.4 Å². The van der Waals surface area contributed by atoms with Crippen molar-refractivity contribution in [3.8, 4) is 0 Å². The molecule has 2 unspecified atom stereocenters. The van der Waals surface area contributed by atoms with Gasteiger partial charge >= 0.3 is 0 Å². The molecule has 2 heterocycles. The lowest BCUT2D eigenvalue weighted by Crippen LogP contribution is -2.46. The molecule has 3 amide bonds. The number of nitrogens with two attached hydrogens (primary N) is 1. The standard InChI is InChI=1S/C17H19F2N3O3/c18-12-5-13(19)7-14(6-12)22-9-11(4-15(22)23)17(25)21-3-1-2-10(8-21)16(20)24/h5-7,10-11H,1-4,8-9H2,(H2,20,24). The molecule has 3 rings (SSSR count). The predicted molar refractivity (Wildman–Crippen MR) is 85.3 cm³/mol. The number of primary amides is 1. The lowest BCUT2D eigenvalue weighted by Gasteiger charge is -2.32. The number of piperidine rings is 1. The molecule has 2 aliphatic rings. The first-order valence-electron chi connectivity index (χ1n) is 8.19. The summed E-state index contributed by atoms with van der Waals surface area (Å²) < 4.78 is 26.8. The van der Waals surface area contributed by atoms with Crippen LogP contribution < -0.4 is 10.6 Å². The number of amides is 3. The Morgan fingerprint density at radius 3 is 2.40 bits per heavy atom. The molecule has 2 fully saturated rings. The van der Waals surface area contributed by atoms with Gasteiger partial charge in [0.1, 0.15) is 11.6 Å². The second kappa shape index (κ2) is 6.78. The number of carbonyl (C=O) groups excluding carboxylic acids is 3. The minimum absolute atomic E-state index is 0.0191. The van der Waals surface area contributed by atoms with Gasteiger partial charge in [0, 0.05) is 37.8 Å². The normalized spacial score (nSPS) is 23.8. The van der Waals surface area contributed by atoms with Gasteiger partial charge in [-0.25, -0.2) is 8.78 Å². The second-order valence-corrected chi connectivity index (χ2v) is 6.56. The van der Waals surface area contributed by atoms with Crippen LogP contribution in [0.4, 0.5) is 14.5 Å². The van der Waals surface area contributed by atoms with E-state index in [-0.39, 0.29) is 42.9 Å². The summed E-state index contributed by atoms with van der Waals surface area (Å²) in [6.07, 6.45) is 1.31. The minimum Gasteiger partial charge on any atom is -0.369 e. The molecule has 2 saturated heterocycles. The van der Waals surface area contributed by atoms with Gasteiger partial charge in [-0.3, -0.25) is 14.4 Å². The lowest BCUT2D eigenvalue weighted by atomic mass is 9.96. The molecular formula is C17H19F2N3O3. The van der Waals surface area contributed by atoms with Crippen molar-refractivity contribution >= 4 is 23.4 Å². The molecule has 134 valence electrons. The minimum atomic E-state index is -0.780. The number of carbonyl (C=O) groups is 3. The van der Waals surface area contributed by atoms with E-state index in [1.54, 1.807) is 4.90 Å². The number of likely N-dealkylation sites (tertiary alicyclic amines) is 1. The number of nitrogens with zero attached hydrogens (tertiary/aromatic N) is 2. The van der Waals surface area contributed by atoms with E-state index in [0.717, 1.165) is 18.2 Å². The predicted octanol–water partition coefficient (Wildman–Crippen LogP) is 1.04. The molecule has 8 heteroatoms. The third-order valence-electron chi connectivity index (χ3n) is 4.77. The monoisotopic (exact) mass is 351 g/mol. The summed E-state index contributed by atoms with van der Waals surface area (Å²) in [7, 11) is 0. The van der Waals surface area contributed by atoms with Crippen molar-refractivity contribution in [2.45, 2.75) is 19.3 Å². The zero-order valence-electron chi connectivity index (χ0n) is 13.6. The molecule has 2 N–H and O–H groups in total. The van der Waals surface area contributed by atoms with Crippen LogP contribution in [0.5, 0.6) is 0 Å². The molecule has 0 saturated carbocycles. The quantitative estimate of drug-likeness (QED) is 0.883. The molecule has 6 nitrogen and oxygen atoms in total. The number of halogens is 2. The van der Waals surface area contributed by atoms with E-state index in [2.05, 4.69) is 0 Å². The van der Waals surface area contributed by atoms with Gasteiger partial charge in [-0.1, -0.05) is 0 Å². The van der Waals surface area contributed by atoms with Crippen LogP contribution in [0.15, 0.2) is 18.2 Å². The Kier molecular flexibility index (Phi) is 4.69. The van der Waals surface area contributed by atoms with Gasteiger partial charge in [0.05, 0.1) is 11.8 Å². The van der Waals surface area contributed by atoms with Gasteiger partial charge in [-0.15, -0.1) is 0 Å². The van der Waals surface area contributed by atoms with E-state index < -0.39 is 23.5 Å². The Morgan fingerprint density at radius 1 is 1.08 bits per heavy atom. The Morgan fingerprint density at radius 2 is 1.76 bits per heavy atom. The maximum atomic E-state index is 13.4. The van der Waals surface area contributed by atoms with Crippen molar-refractivity contribution in [1.82, 2.24) is 4.90 Å². The number of hydrogen-bond donors (Lipinski definition) is 1. The number of rotatable bonds is 3. The van der Waals surface area contributed by atoms with Crippen molar-refractivity contribution in [3.05, 3.63) is 29.8 Å². The molecule has 1 aromatic carbocycles. The van der Waals surface area contributed by atoms with Crippen molar-refractivity contribution in [2.75, 3.05) is 24.5 Å². The highest BCUT2D eigenvalue weighted by Crippen LogP contribution is 2.29. The molecule has 2 aliphatic heterocycles. The summed E-state index contributed by atoms with van der Waals surface area (Å²) in [5, 5.41) is 0. The first kappa shape index (κ1) is 17.3. The van der Waals surface area contributed by atoms with E-state index in [9.17, 15) is 23.2 Å². The zero-order valence-corrected chi connectivity index (χ0v) is 13.6. The van der Waals surface area contributed by atoms with Crippen molar-refractivity contribution < 1.29 is 23.2 Å². The summed E-state index contributed by atoms with van der Waals surface area (Å²) in [5.74, 6) is -3.54. The highest BCUT2D eigenvalue weighted by Gasteiger charge is 2.39. The van der Waals surface area contributed by atoms with Crippen molar-refractivity contribution in [2.24, 2.45) is 17.6 Å². The molecule has 1 aromatic rings. The van der Waals surface area contributed by atoms with E-state index in [4.69, 9.17) is 5.73 Å². The van der Waals surface area contributed by atoms with Crippen LogP contribution in [0.1, 0.15) is 19.3 Å². The summed E-state index contributed by atoms with van der Waals surface area (Å²) >= 11 is 0. The molecule has 0 spiro atoms. The van der Waals surface area contributed by atoms with E-state index >= 15 is 0 Å². The van der Waals surface area contributed by atoms with Crippen molar-refractivity contribution in [1.29, 1.82) is 0 Å². The van der Waals surface area contributed by atoms with Crippen LogP contribution in [0.3, 0.4) is 0 Å². The lowest BCUT2D eigenvalue weighted by molar-refractivity contribution is -0.139. The highest BCUT2D eigenvalue weighted by molar-refractivity contribution is 6.00. The van der Waals surface area contributed by atoms with Crippen LogP contribution in [0.25, 0.3) is 0 Å². The third kappa shape index (κ3) is 3.62. The number of anilines is 1. The molecular weight excluding hydrogens is 332 g/mol. The van der Waals surface area contributed by atoms with Gasteiger partial charge in [0.2, 0.25) is 17.7 Å². The first-order chi connectivity index (χ1) is 11.8. The molecule has 25 heavy (non-hydrogen) atoms. The number of benzene rings is 1. The summed E-state index contributed by atoms with van der Waals surface area (Å²) in [6.45, 7) is 0.841. The highest BCUT2D eigenvalue weighted by atomic mass is 19.1. The Hall–Kier alpha value is -2.51. The van der Waals surface area contributed by atoms with Crippen LogP contribution in [0.2, 0.25) is 0 Å². The van der Waals surface area contributed by atoms with Gasteiger partial charge in [-0.05, 0) is 25.0 Å². The summed E-state index contributed by atoms with van der Waals surface area (Å²) in [5.41, 5.74) is 5.42. The van der Waals surface area contributed by atoms with E-state index in [1.165, 1.54) is 4.90 Å². The van der Waals surface area contributed by atoms with Gasteiger partial charge in [0.25, 0.3) is 0 Å². The Labute approximate surface area is 143 Å². The van der Waals surface area contributed by atoms with Gasteiger partial charge in [-0.2, -0.15) is 0 Å². The molecule has 2 atom stereocenters. The van der Waals surface area contributed by atoms with Crippen LogP contribution >= 0.6 is 0 Å². The number of hydrogen-bond acceptors (Lipinski definition) is 3. The molecule has 0 bridgehead atoms. The average molecular weight is 351 g/mol. The topological polar surface area (TPSA) is 83.7 Å². The zero-order chi connectivity index (χ0) is 18.1. The molecule has 0 aromatic heterocycles. The van der Waals surface area contributed by atoms with Crippen LogP contribution in [0, 0.1) is 23.5 Å². The Bertz CT molecular complexity index is 705. The summed E-state index contributed by atoms with van der Waals surface area (Å²) in [4.78, 5) is 39.0. The maximum absolute atomic E-state index is 13.4. The average Bonchev–Trinajstić information content (AvgIpc) is 2.95. The van der Waals surface area contributed by atoms with E-state index in [1.807, 2.05) is 0 Å². The van der Waals surface area contributed by atoms with Crippen molar-refractivity contribution in [3.63, 3.8) is 0 Å². The smallest absolute Gasteiger partial charge is 0.228 e. The van der Waals surface area contributed by atoms with Crippen LogP contribution in [-0.4, -0.2) is 42.3 Å².